The largest absolute Gasteiger partial charge is 0.417 e. The van der Waals surface area contributed by atoms with E-state index in [1.165, 1.54) is 30.3 Å². The Hall–Kier alpha value is -3.32. The summed E-state index contributed by atoms with van der Waals surface area (Å²) in [5, 5.41) is 11.9. The Morgan fingerprint density at radius 3 is 2.49 bits per heavy atom. The standard InChI is InChI=1S/C25H26F4N4O2/c1-35-15-18-14-33(21-7-2-17(13-30)22(12-21)25(27,28)29)16-24(18)8-10-32(11-9-24)23(34)31-20-5-3-19(26)4-6-20/h2-7,12,18H,8-11,14-16H2,1H3,(H,31,34). The minimum atomic E-state index is -4.62. The first kappa shape index (κ1) is 24.8. The van der Waals surface area contributed by atoms with Gasteiger partial charge in [-0.3, -0.25) is 0 Å². The second-order valence-corrected chi connectivity index (χ2v) is 9.16. The lowest BCUT2D eigenvalue weighted by atomic mass is 9.71. The maximum Gasteiger partial charge on any atom is 0.417 e. The normalized spacial score (nSPS) is 19.6. The van der Waals surface area contributed by atoms with E-state index in [-0.39, 0.29) is 23.2 Å². The van der Waals surface area contributed by atoms with E-state index in [2.05, 4.69) is 5.32 Å². The van der Waals surface area contributed by atoms with Crippen LogP contribution in [-0.4, -0.2) is 50.8 Å². The third-order valence-electron chi connectivity index (χ3n) is 7.12. The molecule has 2 aromatic carbocycles. The summed E-state index contributed by atoms with van der Waals surface area (Å²) in [6.07, 6.45) is -3.26. The van der Waals surface area contributed by atoms with Gasteiger partial charge in [0.2, 0.25) is 0 Å². The predicted octanol–water partition coefficient (Wildman–Crippen LogP) is 5.11. The van der Waals surface area contributed by atoms with Gasteiger partial charge in [-0.05, 0) is 60.7 Å². The number of benzene rings is 2. The number of alkyl halides is 3. The van der Waals surface area contributed by atoms with Gasteiger partial charge in [0.15, 0.2) is 0 Å². The average molecular weight is 491 g/mol. The van der Waals surface area contributed by atoms with Gasteiger partial charge in [-0.1, -0.05) is 0 Å². The monoisotopic (exact) mass is 490 g/mol. The number of methoxy groups -OCH3 is 1. The molecule has 1 atom stereocenters. The molecule has 0 aromatic heterocycles. The highest BCUT2D eigenvalue weighted by molar-refractivity contribution is 5.89. The summed E-state index contributed by atoms with van der Waals surface area (Å²) < 4.78 is 59.0. The molecular weight excluding hydrogens is 464 g/mol. The molecule has 1 unspecified atom stereocenters. The molecule has 2 heterocycles. The molecule has 35 heavy (non-hydrogen) atoms. The highest BCUT2D eigenvalue weighted by atomic mass is 19.4. The van der Waals surface area contributed by atoms with Gasteiger partial charge in [0.25, 0.3) is 0 Å². The fraction of sp³-hybridized carbons (Fsp3) is 0.440. The summed E-state index contributed by atoms with van der Waals surface area (Å²) in [4.78, 5) is 16.3. The number of nitrogens with zero attached hydrogens (tertiary/aromatic N) is 3. The SMILES string of the molecule is COCC1CN(c2ccc(C#N)c(C(F)(F)F)c2)CC12CCN(C(=O)Nc1ccc(F)cc1)CC2. The molecule has 4 rings (SSSR count). The Labute approximate surface area is 201 Å². The molecule has 6 nitrogen and oxygen atoms in total. The average Bonchev–Trinajstić information content (AvgIpc) is 3.17. The van der Waals surface area contributed by atoms with Crippen LogP contribution in [0.3, 0.4) is 0 Å². The number of nitriles is 1. The zero-order valence-electron chi connectivity index (χ0n) is 19.2. The number of hydrogen-bond acceptors (Lipinski definition) is 4. The number of ether oxygens (including phenoxy) is 1. The molecule has 186 valence electrons. The lowest BCUT2D eigenvalue weighted by molar-refractivity contribution is -0.137. The number of hydrogen-bond donors (Lipinski definition) is 1. The maximum absolute atomic E-state index is 13.5. The van der Waals surface area contributed by atoms with Gasteiger partial charge in [-0.15, -0.1) is 0 Å². The second kappa shape index (κ2) is 9.74. The van der Waals surface area contributed by atoms with Crippen molar-refractivity contribution in [1.29, 1.82) is 5.26 Å². The Kier molecular flexibility index (Phi) is 6.90. The topological polar surface area (TPSA) is 68.6 Å². The van der Waals surface area contributed by atoms with Crippen LogP contribution in [0.1, 0.15) is 24.0 Å². The fourth-order valence-electron chi connectivity index (χ4n) is 5.18. The second-order valence-electron chi connectivity index (χ2n) is 9.16. The molecule has 0 radical (unpaired) electrons. The number of amides is 2. The fourth-order valence-corrected chi connectivity index (χ4v) is 5.18. The van der Waals surface area contributed by atoms with Crippen molar-refractivity contribution in [2.24, 2.45) is 11.3 Å². The van der Waals surface area contributed by atoms with Crippen molar-refractivity contribution in [2.75, 3.05) is 50.1 Å². The van der Waals surface area contributed by atoms with E-state index >= 15 is 0 Å². The number of carbonyl (C=O) groups is 1. The van der Waals surface area contributed by atoms with E-state index in [0.29, 0.717) is 57.0 Å². The zero-order valence-corrected chi connectivity index (χ0v) is 19.2. The first-order chi connectivity index (χ1) is 16.6. The van der Waals surface area contributed by atoms with Gasteiger partial charge in [-0.2, -0.15) is 18.4 Å². The van der Waals surface area contributed by atoms with Crippen LogP contribution in [0.5, 0.6) is 0 Å². The van der Waals surface area contributed by atoms with E-state index in [0.717, 1.165) is 6.07 Å². The van der Waals surface area contributed by atoms with Crippen molar-refractivity contribution in [1.82, 2.24) is 4.90 Å². The van der Waals surface area contributed by atoms with Gasteiger partial charge in [0, 0.05) is 50.6 Å². The first-order valence-electron chi connectivity index (χ1n) is 11.3. The predicted molar refractivity (Wildman–Crippen MR) is 122 cm³/mol. The highest BCUT2D eigenvalue weighted by Crippen LogP contribution is 2.47. The number of carbonyl (C=O) groups excluding carboxylic acids is 1. The molecule has 1 N–H and O–H groups in total. The molecule has 0 saturated carbocycles. The Bertz CT molecular complexity index is 1110. The molecule has 2 aromatic rings. The number of halogens is 4. The molecule has 2 fully saturated rings. The van der Waals surface area contributed by atoms with Crippen LogP contribution in [0, 0.1) is 28.5 Å². The van der Waals surface area contributed by atoms with Crippen molar-refractivity contribution >= 4 is 17.4 Å². The molecule has 1 spiro atoms. The third kappa shape index (κ3) is 5.20. The Morgan fingerprint density at radius 2 is 1.89 bits per heavy atom. The minimum Gasteiger partial charge on any atom is -0.384 e. The van der Waals surface area contributed by atoms with Crippen LogP contribution in [-0.2, 0) is 10.9 Å². The number of piperidine rings is 1. The Morgan fingerprint density at radius 1 is 1.20 bits per heavy atom. The van der Waals surface area contributed by atoms with Crippen LogP contribution in [0.25, 0.3) is 0 Å². The van der Waals surface area contributed by atoms with Crippen LogP contribution >= 0.6 is 0 Å². The molecule has 2 amide bonds. The third-order valence-corrected chi connectivity index (χ3v) is 7.12. The van der Waals surface area contributed by atoms with Crippen LogP contribution in [0.2, 0.25) is 0 Å². The van der Waals surface area contributed by atoms with E-state index in [1.807, 2.05) is 4.90 Å². The minimum absolute atomic E-state index is 0.0831. The van der Waals surface area contributed by atoms with E-state index < -0.39 is 17.3 Å². The summed E-state index contributed by atoms with van der Waals surface area (Å²) in [5.74, 6) is -0.303. The molecule has 2 aliphatic heterocycles. The quantitative estimate of drug-likeness (QED) is 0.605. The summed E-state index contributed by atoms with van der Waals surface area (Å²) in [5.41, 5.74) is -0.624. The highest BCUT2D eigenvalue weighted by Gasteiger charge is 2.49. The molecule has 2 saturated heterocycles. The number of likely N-dealkylation sites (tertiary alicyclic amines) is 1. The first-order valence-corrected chi connectivity index (χ1v) is 11.3. The lowest BCUT2D eigenvalue weighted by Gasteiger charge is -2.42. The summed E-state index contributed by atoms with van der Waals surface area (Å²) in [7, 11) is 1.60. The van der Waals surface area contributed by atoms with Crippen LogP contribution in [0.15, 0.2) is 42.5 Å². The van der Waals surface area contributed by atoms with Crippen molar-refractivity contribution in [3.8, 4) is 6.07 Å². The van der Waals surface area contributed by atoms with Crippen LogP contribution < -0.4 is 10.2 Å². The number of urea groups is 1. The van der Waals surface area contributed by atoms with Crippen molar-refractivity contribution in [3.05, 3.63) is 59.4 Å². The number of rotatable bonds is 4. The van der Waals surface area contributed by atoms with Crippen molar-refractivity contribution in [2.45, 2.75) is 19.0 Å². The van der Waals surface area contributed by atoms with Crippen LogP contribution in [0.4, 0.5) is 33.7 Å². The summed E-state index contributed by atoms with van der Waals surface area (Å²) in [6.45, 7) is 2.50. The molecule has 0 bridgehead atoms. The molecule has 10 heteroatoms. The number of anilines is 2. The van der Waals surface area contributed by atoms with Gasteiger partial charge >= 0.3 is 12.2 Å². The number of nitrogens with one attached hydrogen (secondary N) is 1. The summed E-state index contributed by atoms with van der Waals surface area (Å²) >= 11 is 0. The Balaban J connectivity index is 1.48. The molecule has 0 aliphatic carbocycles. The van der Waals surface area contributed by atoms with E-state index in [4.69, 9.17) is 10.00 Å². The van der Waals surface area contributed by atoms with Gasteiger partial charge in [0.1, 0.15) is 5.82 Å². The van der Waals surface area contributed by atoms with Gasteiger partial charge in [0.05, 0.1) is 23.8 Å². The van der Waals surface area contributed by atoms with E-state index in [1.54, 1.807) is 24.1 Å². The lowest BCUT2D eigenvalue weighted by Crippen LogP contribution is -2.48. The van der Waals surface area contributed by atoms with E-state index in [9.17, 15) is 22.4 Å². The zero-order chi connectivity index (χ0) is 25.2. The summed E-state index contributed by atoms with van der Waals surface area (Å²) in [6, 6.07) is 10.7. The van der Waals surface area contributed by atoms with Crippen molar-refractivity contribution < 1.29 is 27.1 Å². The molecular formula is C25H26F4N4O2. The van der Waals surface area contributed by atoms with Crippen molar-refractivity contribution in [3.63, 3.8) is 0 Å². The smallest absolute Gasteiger partial charge is 0.384 e. The van der Waals surface area contributed by atoms with Gasteiger partial charge in [-0.25, -0.2) is 9.18 Å². The maximum atomic E-state index is 13.5. The van der Waals surface area contributed by atoms with Gasteiger partial charge < -0.3 is 19.9 Å². The molecule has 2 aliphatic rings.